The molecule has 4 nitrogen and oxygen atoms in total. The number of nitrogens with zero attached hydrogens (tertiary/aromatic N) is 2. The molecular formula is C17H23FN2O2. The van der Waals surface area contributed by atoms with Crippen LogP contribution >= 0.6 is 0 Å². The summed E-state index contributed by atoms with van der Waals surface area (Å²) < 4.78 is 19.0. The molecule has 1 spiro atoms. The monoisotopic (exact) mass is 306 g/mol. The van der Waals surface area contributed by atoms with Crippen LogP contribution in [-0.2, 0) is 16.1 Å². The molecule has 1 unspecified atom stereocenters. The number of amides is 1. The first-order valence-corrected chi connectivity index (χ1v) is 7.87. The average molecular weight is 306 g/mol. The first-order valence-electron chi connectivity index (χ1n) is 7.87. The SMILES string of the molecule is CC1OC2(CCN(Cc3ccc(F)cc3)CC2)CN(C)C1=O. The van der Waals surface area contributed by atoms with E-state index in [9.17, 15) is 9.18 Å². The standard InChI is InChI=1S/C17H23FN2O2/c1-13-16(21)19(2)12-17(22-13)7-9-20(10-8-17)11-14-3-5-15(18)6-4-14/h3-6,13H,7-12H2,1-2H3. The molecular weight excluding hydrogens is 283 g/mol. The van der Waals surface area contributed by atoms with Gasteiger partial charge in [-0.25, -0.2) is 4.39 Å². The second kappa shape index (κ2) is 5.97. The fourth-order valence-corrected chi connectivity index (χ4v) is 3.53. The fraction of sp³-hybridized carbons (Fsp3) is 0.588. The minimum Gasteiger partial charge on any atom is -0.360 e. The van der Waals surface area contributed by atoms with Gasteiger partial charge in [0.05, 0.1) is 5.60 Å². The van der Waals surface area contributed by atoms with Gasteiger partial charge in [-0.3, -0.25) is 9.69 Å². The molecule has 1 amide bonds. The third kappa shape index (κ3) is 3.15. The first kappa shape index (κ1) is 15.4. The van der Waals surface area contributed by atoms with Crippen LogP contribution < -0.4 is 0 Å². The lowest BCUT2D eigenvalue weighted by molar-refractivity contribution is -0.187. The van der Waals surface area contributed by atoms with E-state index in [2.05, 4.69) is 4.90 Å². The van der Waals surface area contributed by atoms with Crippen LogP contribution in [0, 0.1) is 5.82 Å². The summed E-state index contributed by atoms with van der Waals surface area (Å²) in [5, 5.41) is 0. The predicted molar refractivity (Wildman–Crippen MR) is 81.8 cm³/mol. The second-order valence-electron chi connectivity index (χ2n) is 6.54. The fourth-order valence-electron chi connectivity index (χ4n) is 3.53. The van der Waals surface area contributed by atoms with Gasteiger partial charge in [-0.1, -0.05) is 12.1 Å². The van der Waals surface area contributed by atoms with E-state index in [4.69, 9.17) is 4.74 Å². The molecule has 2 heterocycles. The van der Waals surface area contributed by atoms with Crippen molar-refractivity contribution in [3.63, 3.8) is 0 Å². The number of halogens is 1. The van der Waals surface area contributed by atoms with Crippen LogP contribution in [0.25, 0.3) is 0 Å². The molecule has 2 saturated heterocycles. The number of morpholine rings is 1. The molecule has 0 radical (unpaired) electrons. The van der Waals surface area contributed by atoms with E-state index in [-0.39, 0.29) is 23.4 Å². The topological polar surface area (TPSA) is 32.8 Å². The zero-order chi connectivity index (χ0) is 15.7. The molecule has 2 aliphatic heterocycles. The summed E-state index contributed by atoms with van der Waals surface area (Å²) in [5.74, 6) is -0.127. The van der Waals surface area contributed by atoms with Gasteiger partial charge in [0.25, 0.3) is 5.91 Å². The lowest BCUT2D eigenvalue weighted by atomic mass is 9.88. The van der Waals surface area contributed by atoms with Crippen molar-refractivity contribution < 1.29 is 13.9 Å². The van der Waals surface area contributed by atoms with Gasteiger partial charge in [0.2, 0.25) is 0 Å². The molecule has 0 saturated carbocycles. The Labute approximate surface area is 130 Å². The zero-order valence-corrected chi connectivity index (χ0v) is 13.2. The molecule has 1 aromatic carbocycles. The summed E-state index contributed by atoms with van der Waals surface area (Å²) in [4.78, 5) is 16.0. The summed E-state index contributed by atoms with van der Waals surface area (Å²) in [7, 11) is 1.86. The Morgan fingerprint density at radius 1 is 1.27 bits per heavy atom. The van der Waals surface area contributed by atoms with Crippen LogP contribution in [0.3, 0.4) is 0 Å². The molecule has 0 N–H and O–H groups in total. The van der Waals surface area contributed by atoms with Crippen molar-refractivity contribution in [1.82, 2.24) is 9.80 Å². The van der Waals surface area contributed by atoms with Crippen LogP contribution in [-0.4, -0.2) is 54.1 Å². The highest BCUT2D eigenvalue weighted by Crippen LogP contribution is 2.32. The Bertz CT molecular complexity index is 522. The minimum absolute atomic E-state index is 0.0689. The number of likely N-dealkylation sites (tertiary alicyclic amines) is 1. The highest BCUT2D eigenvalue weighted by Gasteiger charge is 2.44. The van der Waals surface area contributed by atoms with Crippen LogP contribution in [0.1, 0.15) is 25.3 Å². The van der Waals surface area contributed by atoms with Crippen molar-refractivity contribution in [2.75, 3.05) is 26.7 Å². The van der Waals surface area contributed by atoms with Gasteiger partial charge in [-0.15, -0.1) is 0 Å². The molecule has 0 bridgehead atoms. The maximum atomic E-state index is 12.9. The number of ether oxygens (including phenoxy) is 1. The van der Waals surface area contributed by atoms with Gasteiger partial charge in [0, 0.05) is 33.2 Å². The number of carbonyl (C=O) groups excluding carboxylic acids is 1. The molecule has 0 aliphatic carbocycles. The zero-order valence-electron chi connectivity index (χ0n) is 13.2. The Hall–Kier alpha value is -1.46. The largest absolute Gasteiger partial charge is 0.360 e. The third-order valence-electron chi connectivity index (χ3n) is 4.76. The van der Waals surface area contributed by atoms with Gasteiger partial charge >= 0.3 is 0 Å². The van der Waals surface area contributed by atoms with E-state index in [1.54, 1.807) is 4.90 Å². The molecule has 5 heteroatoms. The average Bonchev–Trinajstić information content (AvgIpc) is 2.50. The summed E-state index contributed by atoms with van der Waals surface area (Å²) in [6, 6.07) is 6.69. The Morgan fingerprint density at radius 3 is 2.50 bits per heavy atom. The summed E-state index contributed by atoms with van der Waals surface area (Å²) >= 11 is 0. The third-order valence-corrected chi connectivity index (χ3v) is 4.76. The molecule has 2 aliphatic rings. The number of likely N-dealkylation sites (N-methyl/N-ethyl adjacent to an activating group) is 1. The molecule has 1 aromatic rings. The van der Waals surface area contributed by atoms with Crippen molar-refractivity contribution in [2.24, 2.45) is 0 Å². The van der Waals surface area contributed by atoms with E-state index >= 15 is 0 Å². The quantitative estimate of drug-likeness (QED) is 0.838. The van der Waals surface area contributed by atoms with Gasteiger partial charge < -0.3 is 9.64 Å². The Balaban J connectivity index is 1.58. The predicted octanol–water partition coefficient (Wildman–Crippen LogP) is 2.04. The highest BCUT2D eigenvalue weighted by atomic mass is 19.1. The lowest BCUT2D eigenvalue weighted by Crippen LogP contribution is -2.60. The number of carbonyl (C=O) groups is 1. The Kier molecular flexibility index (Phi) is 4.19. The van der Waals surface area contributed by atoms with Gasteiger partial charge in [0.15, 0.2) is 0 Å². The van der Waals surface area contributed by atoms with Gasteiger partial charge in [0.1, 0.15) is 11.9 Å². The minimum atomic E-state index is -0.345. The van der Waals surface area contributed by atoms with Crippen molar-refractivity contribution in [3.05, 3.63) is 35.6 Å². The lowest BCUT2D eigenvalue weighted by Gasteiger charge is -2.48. The first-order chi connectivity index (χ1) is 10.5. The normalized spacial score (nSPS) is 25.7. The number of hydrogen-bond donors (Lipinski definition) is 0. The van der Waals surface area contributed by atoms with Crippen molar-refractivity contribution >= 4 is 5.91 Å². The molecule has 3 rings (SSSR count). The van der Waals surface area contributed by atoms with Crippen molar-refractivity contribution in [2.45, 2.75) is 38.0 Å². The molecule has 1 atom stereocenters. The van der Waals surface area contributed by atoms with E-state index in [0.717, 1.165) is 38.0 Å². The van der Waals surface area contributed by atoms with Gasteiger partial charge in [-0.05, 0) is 37.5 Å². The Morgan fingerprint density at radius 2 is 1.91 bits per heavy atom. The van der Waals surface area contributed by atoms with E-state index in [0.29, 0.717) is 6.54 Å². The van der Waals surface area contributed by atoms with Crippen LogP contribution in [0.2, 0.25) is 0 Å². The number of benzene rings is 1. The molecule has 0 aromatic heterocycles. The van der Waals surface area contributed by atoms with Crippen molar-refractivity contribution in [3.8, 4) is 0 Å². The van der Waals surface area contributed by atoms with E-state index < -0.39 is 0 Å². The second-order valence-corrected chi connectivity index (χ2v) is 6.54. The molecule has 2 fully saturated rings. The maximum absolute atomic E-state index is 12.9. The van der Waals surface area contributed by atoms with Crippen LogP contribution in [0.5, 0.6) is 0 Å². The van der Waals surface area contributed by atoms with Crippen LogP contribution in [0.4, 0.5) is 4.39 Å². The number of rotatable bonds is 2. The number of hydrogen-bond acceptors (Lipinski definition) is 3. The van der Waals surface area contributed by atoms with Crippen molar-refractivity contribution in [1.29, 1.82) is 0 Å². The molecule has 120 valence electrons. The van der Waals surface area contributed by atoms with Gasteiger partial charge in [-0.2, -0.15) is 0 Å². The number of piperidine rings is 1. The van der Waals surface area contributed by atoms with Crippen LogP contribution in [0.15, 0.2) is 24.3 Å². The summed E-state index contributed by atoms with van der Waals surface area (Å²) in [5.41, 5.74) is 0.934. The van der Waals surface area contributed by atoms with E-state index in [1.165, 1.54) is 12.1 Å². The summed E-state index contributed by atoms with van der Waals surface area (Å²) in [6.45, 7) is 5.23. The van der Waals surface area contributed by atoms with E-state index in [1.807, 2.05) is 26.1 Å². The smallest absolute Gasteiger partial charge is 0.251 e. The maximum Gasteiger partial charge on any atom is 0.251 e. The highest BCUT2D eigenvalue weighted by molar-refractivity contribution is 5.81. The molecule has 22 heavy (non-hydrogen) atoms. The summed E-state index contributed by atoms with van der Waals surface area (Å²) in [6.07, 6.45) is 1.51.